The number of halogens is 2. The molecule has 0 radical (unpaired) electrons. The van der Waals surface area contributed by atoms with Crippen LogP contribution in [0.1, 0.15) is 24.0 Å². The third kappa shape index (κ3) is 2.49. The Labute approximate surface area is 112 Å². The van der Waals surface area contributed by atoms with Gasteiger partial charge in [0.1, 0.15) is 5.82 Å². The molecule has 18 heavy (non-hydrogen) atoms. The second kappa shape index (κ2) is 5.67. The van der Waals surface area contributed by atoms with Crippen molar-refractivity contribution in [3.63, 3.8) is 0 Å². The van der Waals surface area contributed by atoms with Gasteiger partial charge in [0, 0.05) is 5.56 Å². The number of piperidine rings is 1. The zero-order valence-electron chi connectivity index (χ0n) is 10.2. The molecule has 1 fully saturated rings. The van der Waals surface area contributed by atoms with E-state index in [4.69, 9.17) is 0 Å². The van der Waals surface area contributed by atoms with E-state index in [9.17, 15) is 14.3 Å². The highest BCUT2D eigenvalue weighted by atomic mass is 35.5. The summed E-state index contributed by atoms with van der Waals surface area (Å²) in [7, 11) is 0. The van der Waals surface area contributed by atoms with Crippen molar-refractivity contribution in [3.05, 3.63) is 35.1 Å². The van der Waals surface area contributed by atoms with Crippen LogP contribution in [-0.2, 0) is 10.2 Å². The van der Waals surface area contributed by atoms with Gasteiger partial charge in [-0.2, -0.15) is 0 Å². The van der Waals surface area contributed by atoms with Crippen molar-refractivity contribution in [1.29, 1.82) is 0 Å². The minimum Gasteiger partial charge on any atom is -0.481 e. The van der Waals surface area contributed by atoms with Crippen LogP contribution >= 0.6 is 12.4 Å². The Morgan fingerprint density at radius 2 is 2.00 bits per heavy atom. The van der Waals surface area contributed by atoms with Gasteiger partial charge in [-0.15, -0.1) is 12.4 Å². The predicted molar refractivity (Wildman–Crippen MR) is 69.8 cm³/mol. The van der Waals surface area contributed by atoms with Gasteiger partial charge in [0.25, 0.3) is 0 Å². The van der Waals surface area contributed by atoms with Crippen LogP contribution in [0, 0.1) is 12.7 Å². The van der Waals surface area contributed by atoms with Gasteiger partial charge in [0.2, 0.25) is 0 Å². The number of hydrogen-bond acceptors (Lipinski definition) is 2. The van der Waals surface area contributed by atoms with Gasteiger partial charge in [-0.3, -0.25) is 4.79 Å². The lowest BCUT2D eigenvalue weighted by Gasteiger charge is -2.34. The second-order valence-corrected chi connectivity index (χ2v) is 4.62. The van der Waals surface area contributed by atoms with Crippen LogP contribution in [0.3, 0.4) is 0 Å². The molecule has 0 bridgehead atoms. The van der Waals surface area contributed by atoms with E-state index in [1.165, 1.54) is 6.07 Å². The number of aliphatic carboxylic acids is 1. The van der Waals surface area contributed by atoms with Gasteiger partial charge >= 0.3 is 5.97 Å². The molecule has 2 N–H and O–H groups in total. The second-order valence-electron chi connectivity index (χ2n) is 4.62. The summed E-state index contributed by atoms with van der Waals surface area (Å²) in [6.07, 6.45) is 0.866. The third-order valence-electron chi connectivity index (χ3n) is 3.51. The average Bonchev–Trinajstić information content (AvgIpc) is 2.29. The zero-order valence-corrected chi connectivity index (χ0v) is 11.0. The lowest BCUT2D eigenvalue weighted by molar-refractivity contribution is -0.145. The lowest BCUT2D eigenvalue weighted by atomic mass is 9.73. The SMILES string of the molecule is Cc1ccc(C2(C(=O)O)CCNCC2)c(F)c1.Cl. The van der Waals surface area contributed by atoms with E-state index in [0.29, 0.717) is 31.5 Å². The Balaban J connectivity index is 0.00000162. The number of rotatable bonds is 2. The molecule has 0 saturated carbocycles. The Morgan fingerprint density at radius 3 is 2.50 bits per heavy atom. The van der Waals surface area contributed by atoms with Crippen LogP contribution in [0.15, 0.2) is 18.2 Å². The normalized spacial score (nSPS) is 17.9. The Bertz CT molecular complexity index is 445. The molecule has 0 spiro atoms. The average molecular weight is 274 g/mol. The fourth-order valence-corrected chi connectivity index (χ4v) is 2.46. The summed E-state index contributed by atoms with van der Waals surface area (Å²) in [5, 5.41) is 12.6. The smallest absolute Gasteiger partial charge is 0.314 e. The molecule has 3 nitrogen and oxygen atoms in total. The minimum atomic E-state index is -1.07. The summed E-state index contributed by atoms with van der Waals surface area (Å²) < 4.78 is 14.0. The molecule has 1 heterocycles. The molecule has 2 rings (SSSR count). The largest absolute Gasteiger partial charge is 0.481 e. The maximum absolute atomic E-state index is 14.0. The standard InChI is InChI=1S/C13H16FNO2.ClH/c1-9-2-3-10(11(14)8-9)13(12(16)17)4-6-15-7-5-13;/h2-3,8,15H,4-7H2,1H3,(H,16,17);1H. The highest BCUT2D eigenvalue weighted by Crippen LogP contribution is 2.35. The van der Waals surface area contributed by atoms with E-state index in [-0.39, 0.29) is 12.4 Å². The topological polar surface area (TPSA) is 49.3 Å². The number of nitrogens with one attached hydrogen (secondary N) is 1. The van der Waals surface area contributed by atoms with Gasteiger partial charge in [-0.1, -0.05) is 12.1 Å². The number of carboxylic acids is 1. The molecular weight excluding hydrogens is 257 g/mol. The monoisotopic (exact) mass is 273 g/mol. The van der Waals surface area contributed by atoms with Gasteiger partial charge in [-0.25, -0.2) is 4.39 Å². The first-order valence-corrected chi connectivity index (χ1v) is 5.77. The van der Waals surface area contributed by atoms with Gasteiger partial charge in [0.05, 0.1) is 5.41 Å². The molecular formula is C13H17ClFNO2. The molecule has 0 aliphatic carbocycles. The molecule has 100 valence electrons. The molecule has 0 aromatic heterocycles. The van der Waals surface area contributed by atoms with Gasteiger partial charge in [0.15, 0.2) is 0 Å². The molecule has 1 aliphatic rings. The van der Waals surface area contributed by atoms with E-state index >= 15 is 0 Å². The van der Waals surface area contributed by atoms with Crippen molar-refractivity contribution in [2.75, 3.05) is 13.1 Å². The summed E-state index contributed by atoms with van der Waals surface area (Å²) in [5.74, 6) is -1.34. The number of aryl methyl sites for hydroxylation is 1. The molecule has 0 amide bonds. The molecule has 1 aliphatic heterocycles. The molecule has 1 aromatic rings. The van der Waals surface area contributed by atoms with Crippen LogP contribution in [-0.4, -0.2) is 24.2 Å². The highest BCUT2D eigenvalue weighted by molar-refractivity contribution is 5.85. The number of hydrogen-bond donors (Lipinski definition) is 2. The van der Waals surface area contributed by atoms with Crippen molar-refractivity contribution < 1.29 is 14.3 Å². The van der Waals surface area contributed by atoms with Gasteiger partial charge in [-0.05, 0) is 44.5 Å². The van der Waals surface area contributed by atoms with Crippen molar-refractivity contribution in [2.45, 2.75) is 25.2 Å². The number of benzene rings is 1. The summed E-state index contributed by atoms with van der Waals surface area (Å²) in [6.45, 7) is 3.02. The van der Waals surface area contributed by atoms with Crippen LogP contribution < -0.4 is 5.32 Å². The Kier molecular flexibility index (Phi) is 4.71. The quantitative estimate of drug-likeness (QED) is 0.869. The molecule has 1 aromatic carbocycles. The van der Waals surface area contributed by atoms with Crippen LogP contribution in [0.5, 0.6) is 0 Å². The van der Waals surface area contributed by atoms with Crippen LogP contribution in [0.2, 0.25) is 0 Å². The Hall–Kier alpha value is -1.13. The Morgan fingerprint density at radius 1 is 1.39 bits per heavy atom. The maximum Gasteiger partial charge on any atom is 0.314 e. The van der Waals surface area contributed by atoms with Crippen molar-refractivity contribution in [3.8, 4) is 0 Å². The van der Waals surface area contributed by atoms with Crippen molar-refractivity contribution >= 4 is 18.4 Å². The van der Waals surface area contributed by atoms with E-state index in [1.807, 2.05) is 0 Å². The fourth-order valence-electron chi connectivity index (χ4n) is 2.46. The molecule has 0 atom stereocenters. The minimum absolute atomic E-state index is 0. The molecule has 0 unspecified atom stereocenters. The first-order chi connectivity index (χ1) is 8.06. The molecule has 5 heteroatoms. The summed E-state index contributed by atoms with van der Waals surface area (Å²) in [6, 6.07) is 4.79. The maximum atomic E-state index is 14.0. The highest BCUT2D eigenvalue weighted by Gasteiger charge is 2.43. The van der Waals surface area contributed by atoms with E-state index < -0.39 is 17.2 Å². The zero-order chi connectivity index (χ0) is 12.5. The third-order valence-corrected chi connectivity index (χ3v) is 3.51. The number of carbonyl (C=O) groups is 1. The van der Waals surface area contributed by atoms with Crippen molar-refractivity contribution in [2.24, 2.45) is 0 Å². The summed E-state index contributed by atoms with van der Waals surface area (Å²) in [4.78, 5) is 11.5. The lowest BCUT2D eigenvalue weighted by Crippen LogP contribution is -2.46. The molecule has 1 saturated heterocycles. The summed E-state index contributed by atoms with van der Waals surface area (Å²) >= 11 is 0. The summed E-state index contributed by atoms with van der Waals surface area (Å²) in [5.41, 5.74) is 0.0565. The van der Waals surface area contributed by atoms with Crippen LogP contribution in [0.4, 0.5) is 4.39 Å². The fraction of sp³-hybridized carbons (Fsp3) is 0.462. The van der Waals surface area contributed by atoms with E-state index in [2.05, 4.69) is 5.32 Å². The van der Waals surface area contributed by atoms with E-state index in [0.717, 1.165) is 5.56 Å². The van der Waals surface area contributed by atoms with Crippen LogP contribution in [0.25, 0.3) is 0 Å². The first-order valence-electron chi connectivity index (χ1n) is 5.77. The first kappa shape index (κ1) is 14.9. The van der Waals surface area contributed by atoms with Gasteiger partial charge < -0.3 is 10.4 Å². The number of carboxylic acid groups (broad SMARTS) is 1. The van der Waals surface area contributed by atoms with Crippen molar-refractivity contribution in [1.82, 2.24) is 5.32 Å². The van der Waals surface area contributed by atoms with E-state index in [1.54, 1.807) is 19.1 Å². The predicted octanol–water partition coefficient (Wildman–Crippen LogP) is 2.26.